The molecule has 1 aliphatic carbocycles. The lowest BCUT2D eigenvalue weighted by Crippen LogP contribution is -2.49. The SMILES string of the molecule is COCN(C(=O)OC(C)(C)C)C1CC(c2ccc(Cl)nc2F)C1. The predicted octanol–water partition coefficient (Wildman–Crippen LogP) is 3.96. The number of nitrogens with zero attached hydrogens (tertiary/aromatic N) is 2. The topological polar surface area (TPSA) is 51.7 Å². The standard InChI is InChI=1S/C16H22ClFN2O3/c1-16(2,3)23-15(21)20(9-22-4)11-7-10(8-11)12-5-6-13(17)19-14(12)18/h5-6,10-11H,7-9H2,1-4H3. The number of amides is 1. The van der Waals surface area contributed by atoms with Crippen molar-refractivity contribution in [2.24, 2.45) is 0 Å². The van der Waals surface area contributed by atoms with Gasteiger partial charge < -0.3 is 9.47 Å². The zero-order chi connectivity index (χ0) is 17.2. The van der Waals surface area contributed by atoms with E-state index in [9.17, 15) is 9.18 Å². The van der Waals surface area contributed by atoms with Gasteiger partial charge in [-0.05, 0) is 45.6 Å². The summed E-state index contributed by atoms with van der Waals surface area (Å²) in [5.74, 6) is -0.525. The first-order valence-electron chi connectivity index (χ1n) is 7.51. The van der Waals surface area contributed by atoms with E-state index in [-0.39, 0.29) is 23.8 Å². The average molecular weight is 345 g/mol. The molecule has 1 aromatic heterocycles. The molecule has 1 fully saturated rings. The van der Waals surface area contributed by atoms with Crippen LogP contribution in [0.2, 0.25) is 5.15 Å². The molecular formula is C16H22ClFN2O3. The molecule has 1 amide bonds. The van der Waals surface area contributed by atoms with Gasteiger partial charge in [0.15, 0.2) is 0 Å². The van der Waals surface area contributed by atoms with Gasteiger partial charge in [-0.15, -0.1) is 0 Å². The number of carbonyl (C=O) groups is 1. The van der Waals surface area contributed by atoms with Gasteiger partial charge in [0.1, 0.15) is 17.5 Å². The Morgan fingerprint density at radius 1 is 1.43 bits per heavy atom. The maximum absolute atomic E-state index is 13.9. The summed E-state index contributed by atoms with van der Waals surface area (Å²) in [5.41, 5.74) is -0.0366. The van der Waals surface area contributed by atoms with Crippen molar-refractivity contribution in [1.82, 2.24) is 9.88 Å². The van der Waals surface area contributed by atoms with Crippen molar-refractivity contribution < 1.29 is 18.7 Å². The summed E-state index contributed by atoms with van der Waals surface area (Å²) in [7, 11) is 1.52. The summed E-state index contributed by atoms with van der Waals surface area (Å²) in [6.45, 7) is 5.59. The van der Waals surface area contributed by atoms with Crippen molar-refractivity contribution in [1.29, 1.82) is 0 Å². The van der Waals surface area contributed by atoms with Crippen molar-refractivity contribution in [3.05, 3.63) is 28.8 Å². The molecular weight excluding hydrogens is 323 g/mol. The lowest BCUT2D eigenvalue weighted by atomic mass is 9.75. The van der Waals surface area contributed by atoms with E-state index in [0.29, 0.717) is 18.4 Å². The van der Waals surface area contributed by atoms with E-state index in [1.54, 1.807) is 17.0 Å². The number of methoxy groups -OCH3 is 1. The van der Waals surface area contributed by atoms with Gasteiger partial charge in [-0.3, -0.25) is 4.90 Å². The number of pyridine rings is 1. The summed E-state index contributed by atoms with van der Waals surface area (Å²) in [4.78, 5) is 17.4. The smallest absolute Gasteiger partial charge is 0.412 e. The van der Waals surface area contributed by atoms with Gasteiger partial charge in [0, 0.05) is 18.7 Å². The van der Waals surface area contributed by atoms with Crippen LogP contribution < -0.4 is 0 Å². The minimum atomic E-state index is -0.571. The molecule has 0 saturated heterocycles. The number of rotatable bonds is 4. The molecule has 0 aromatic carbocycles. The van der Waals surface area contributed by atoms with E-state index in [4.69, 9.17) is 21.1 Å². The Hall–Kier alpha value is -1.40. The largest absolute Gasteiger partial charge is 0.444 e. The Bertz CT molecular complexity index is 571. The van der Waals surface area contributed by atoms with Crippen molar-refractivity contribution in [3.63, 3.8) is 0 Å². The van der Waals surface area contributed by atoms with Crippen LogP contribution in [-0.2, 0) is 9.47 Å². The van der Waals surface area contributed by atoms with Crippen molar-refractivity contribution >= 4 is 17.7 Å². The first-order valence-corrected chi connectivity index (χ1v) is 7.89. The zero-order valence-electron chi connectivity index (χ0n) is 13.8. The minimum Gasteiger partial charge on any atom is -0.444 e. The molecule has 1 aromatic rings. The number of hydrogen-bond donors (Lipinski definition) is 0. The van der Waals surface area contributed by atoms with Crippen LogP contribution in [0.4, 0.5) is 9.18 Å². The molecule has 0 N–H and O–H groups in total. The Morgan fingerprint density at radius 2 is 2.09 bits per heavy atom. The van der Waals surface area contributed by atoms with E-state index in [1.807, 2.05) is 20.8 Å². The number of aromatic nitrogens is 1. The third-order valence-corrected chi connectivity index (χ3v) is 3.94. The quantitative estimate of drug-likeness (QED) is 0.612. The normalized spacial score (nSPS) is 20.8. The zero-order valence-corrected chi connectivity index (χ0v) is 14.6. The summed E-state index contributed by atoms with van der Waals surface area (Å²) in [6.07, 6.45) is 0.864. The van der Waals surface area contributed by atoms with Crippen molar-refractivity contribution in [2.75, 3.05) is 13.8 Å². The highest BCUT2D eigenvalue weighted by Crippen LogP contribution is 2.41. The second kappa shape index (κ2) is 7.01. The van der Waals surface area contributed by atoms with Crippen LogP contribution in [0.5, 0.6) is 0 Å². The Kier molecular flexibility index (Phi) is 5.47. The second-order valence-corrected chi connectivity index (χ2v) is 7.09. The maximum Gasteiger partial charge on any atom is 0.412 e. The summed E-state index contributed by atoms with van der Waals surface area (Å²) >= 11 is 5.67. The molecule has 0 atom stereocenters. The molecule has 2 rings (SSSR count). The summed E-state index contributed by atoms with van der Waals surface area (Å²) in [6, 6.07) is 3.19. The fourth-order valence-corrected chi connectivity index (χ4v) is 2.73. The molecule has 7 heteroatoms. The molecule has 0 spiro atoms. The Labute approximate surface area is 140 Å². The van der Waals surface area contributed by atoms with Gasteiger partial charge in [-0.25, -0.2) is 9.78 Å². The minimum absolute atomic E-state index is 0.0200. The van der Waals surface area contributed by atoms with Crippen LogP contribution in [0.15, 0.2) is 12.1 Å². The van der Waals surface area contributed by atoms with E-state index >= 15 is 0 Å². The number of hydrogen-bond acceptors (Lipinski definition) is 4. The van der Waals surface area contributed by atoms with Crippen molar-refractivity contribution in [2.45, 2.75) is 51.2 Å². The highest BCUT2D eigenvalue weighted by molar-refractivity contribution is 6.29. The number of ether oxygens (including phenoxy) is 2. The van der Waals surface area contributed by atoms with Gasteiger partial charge in [0.25, 0.3) is 0 Å². The molecule has 0 aliphatic heterocycles. The van der Waals surface area contributed by atoms with Crippen molar-refractivity contribution in [3.8, 4) is 0 Å². The molecule has 1 heterocycles. The van der Waals surface area contributed by atoms with Gasteiger partial charge in [-0.1, -0.05) is 17.7 Å². The van der Waals surface area contributed by atoms with Crippen LogP contribution in [0.1, 0.15) is 45.1 Å². The highest BCUT2D eigenvalue weighted by Gasteiger charge is 2.39. The highest BCUT2D eigenvalue weighted by atomic mass is 35.5. The molecule has 0 unspecified atom stereocenters. The summed E-state index contributed by atoms with van der Waals surface area (Å²) in [5, 5.41) is 0.136. The lowest BCUT2D eigenvalue weighted by molar-refractivity contribution is -0.0323. The maximum atomic E-state index is 13.9. The molecule has 0 bridgehead atoms. The Morgan fingerprint density at radius 3 is 2.61 bits per heavy atom. The van der Waals surface area contributed by atoms with E-state index in [1.165, 1.54) is 7.11 Å². The lowest BCUT2D eigenvalue weighted by Gasteiger charge is -2.42. The average Bonchev–Trinajstić information content (AvgIpc) is 2.36. The molecule has 1 saturated carbocycles. The molecule has 23 heavy (non-hydrogen) atoms. The molecule has 128 valence electrons. The fraction of sp³-hybridized carbons (Fsp3) is 0.625. The van der Waals surface area contributed by atoms with Crippen LogP contribution in [-0.4, -0.2) is 41.5 Å². The first-order chi connectivity index (χ1) is 10.7. The molecule has 5 nitrogen and oxygen atoms in total. The van der Waals surface area contributed by atoms with Gasteiger partial charge >= 0.3 is 6.09 Å². The third-order valence-electron chi connectivity index (χ3n) is 3.73. The second-order valence-electron chi connectivity index (χ2n) is 6.70. The third kappa shape index (κ3) is 4.54. The molecule has 0 radical (unpaired) electrons. The van der Waals surface area contributed by atoms with Gasteiger partial charge in [0.05, 0.1) is 0 Å². The molecule has 1 aliphatic rings. The summed E-state index contributed by atoms with van der Waals surface area (Å²) < 4.78 is 24.3. The van der Waals surface area contributed by atoms with Gasteiger partial charge in [0.2, 0.25) is 5.95 Å². The van der Waals surface area contributed by atoms with Gasteiger partial charge in [-0.2, -0.15) is 4.39 Å². The predicted molar refractivity (Wildman–Crippen MR) is 84.9 cm³/mol. The number of carbonyl (C=O) groups excluding carboxylic acids is 1. The first kappa shape index (κ1) is 17.9. The van der Waals surface area contributed by atoms with E-state index < -0.39 is 17.6 Å². The van der Waals surface area contributed by atoms with Crippen LogP contribution in [0, 0.1) is 5.95 Å². The fourth-order valence-electron chi connectivity index (χ4n) is 2.59. The number of halogens is 2. The van der Waals surface area contributed by atoms with Crippen LogP contribution in [0.3, 0.4) is 0 Å². The monoisotopic (exact) mass is 344 g/mol. The van der Waals surface area contributed by atoms with Crippen LogP contribution >= 0.6 is 11.6 Å². The Balaban J connectivity index is 2.00. The van der Waals surface area contributed by atoms with E-state index in [2.05, 4.69) is 4.98 Å². The van der Waals surface area contributed by atoms with Crippen LogP contribution in [0.25, 0.3) is 0 Å². The van der Waals surface area contributed by atoms with E-state index in [0.717, 1.165) is 0 Å².